The molecule has 0 unspecified atom stereocenters. The van der Waals surface area contributed by atoms with Crippen molar-refractivity contribution in [2.75, 3.05) is 6.61 Å². The van der Waals surface area contributed by atoms with Crippen molar-refractivity contribution in [2.24, 2.45) is 5.41 Å². The van der Waals surface area contributed by atoms with E-state index >= 15 is 0 Å². The molecule has 0 spiro atoms. The molecule has 0 bridgehead atoms. The van der Waals surface area contributed by atoms with E-state index in [0.717, 1.165) is 5.56 Å². The maximum Gasteiger partial charge on any atom is 0.315 e. The van der Waals surface area contributed by atoms with Crippen LogP contribution in [0.15, 0.2) is 30.3 Å². The molecule has 0 aromatic heterocycles. The van der Waals surface area contributed by atoms with Crippen molar-refractivity contribution in [1.82, 2.24) is 5.32 Å². The van der Waals surface area contributed by atoms with E-state index in [2.05, 4.69) is 5.32 Å². The molecule has 1 N–H and O–H groups in total. The van der Waals surface area contributed by atoms with Crippen LogP contribution in [0, 0.1) is 5.41 Å². The summed E-state index contributed by atoms with van der Waals surface area (Å²) >= 11 is 5.87. The van der Waals surface area contributed by atoms with Crippen LogP contribution in [0.1, 0.15) is 33.3 Å². The SMILES string of the molecule is CCOC(=O)C(C)(C)/C=C(\NC(C)=O)c1ccc(Cl)cc1. The summed E-state index contributed by atoms with van der Waals surface area (Å²) < 4.78 is 5.05. The van der Waals surface area contributed by atoms with Gasteiger partial charge >= 0.3 is 5.97 Å². The number of nitrogens with one attached hydrogen (secondary N) is 1. The first-order chi connectivity index (χ1) is 9.76. The topological polar surface area (TPSA) is 55.4 Å². The maximum atomic E-state index is 12.0. The lowest BCUT2D eigenvalue weighted by Gasteiger charge is -2.20. The van der Waals surface area contributed by atoms with Crippen LogP contribution in [0.4, 0.5) is 0 Å². The Balaban J connectivity index is 3.17. The second-order valence-corrected chi connectivity index (χ2v) is 5.62. The third kappa shape index (κ3) is 5.23. The average molecular weight is 310 g/mol. The molecule has 1 rings (SSSR count). The van der Waals surface area contributed by atoms with Crippen molar-refractivity contribution in [2.45, 2.75) is 27.7 Å². The standard InChI is InChI=1S/C16H20ClNO3/c1-5-21-15(20)16(3,4)10-14(18-11(2)19)12-6-8-13(17)9-7-12/h6-10H,5H2,1-4H3,(H,18,19)/b14-10-. The monoisotopic (exact) mass is 309 g/mol. The number of hydrogen-bond acceptors (Lipinski definition) is 3. The van der Waals surface area contributed by atoms with E-state index in [1.807, 2.05) is 0 Å². The van der Waals surface area contributed by atoms with E-state index in [4.69, 9.17) is 16.3 Å². The van der Waals surface area contributed by atoms with Crippen molar-refractivity contribution in [3.63, 3.8) is 0 Å². The summed E-state index contributed by atoms with van der Waals surface area (Å²) in [6.45, 7) is 6.96. The zero-order valence-electron chi connectivity index (χ0n) is 12.7. The van der Waals surface area contributed by atoms with Gasteiger partial charge < -0.3 is 10.1 Å². The molecule has 1 amide bonds. The predicted octanol–water partition coefficient (Wildman–Crippen LogP) is 3.41. The molecule has 0 aliphatic heterocycles. The normalized spacial score (nSPS) is 12.0. The Bertz CT molecular complexity index is 547. The smallest absolute Gasteiger partial charge is 0.315 e. The van der Waals surface area contributed by atoms with Crippen LogP contribution in [-0.2, 0) is 14.3 Å². The van der Waals surface area contributed by atoms with Crippen molar-refractivity contribution < 1.29 is 14.3 Å². The Morgan fingerprint density at radius 2 is 1.86 bits per heavy atom. The molecule has 0 aliphatic carbocycles. The molecular weight excluding hydrogens is 290 g/mol. The largest absolute Gasteiger partial charge is 0.465 e. The summed E-state index contributed by atoms with van der Waals surface area (Å²) in [5.74, 6) is -0.558. The molecule has 0 radical (unpaired) electrons. The number of carbonyl (C=O) groups is 2. The van der Waals surface area contributed by atoms with E-state index in [9.17, 15) is 9.59 Å². The van der Waals surface area contributed by atoms with Gasteiger partial charge in [0.2, 0.25) is 5.91 Å². The van der Waals surface area contributed by atoms with Crippen LogP contribution in [0.5, 0.6) is 0 Å². The Labute approximate surface area is 130 Å². The van der Waals surface area contributed by atoms with Crippen molar-refractivity contribution in [3.05, 3.63) is 40.9 Å². The molecule has 0 atom stereocenters. The summed E-state index contributed by atoms with van der Waals surface area (Å²) in [5.41, 5.74) is 0.470. The zero-order valence-corrected chi connectivity index (χ0v) is 13.5. The fourth-order valence-corrected chi connectivity index (χ4v) is 1.87. The van der Waals surface area contributed by atoms with Gasteiger partial charge in [0, 0.05) is 17.6 Å². The van der Waals surface area contributed by atoms with E-state index in [0.29, 0.717) is 17.3 Å². The van der Waals surface area contributed by atoms with Crippen molar-refractivity contribution >= 4 is 29.2 Å². The summed E-state index contributed by atoms with van der Waals surface area (Å²) in [5, 5.41) is 3.34. The third-order valence-electron chi connectivity index (χ3n) is 2.77. The minimum Gasteiger partial charge on any atom is -0.465 e. The number of ether oxygens (including phenoxy) is 1. The molecule has 4 nitrogen and oxygen atoms in total. The van der Waals surface area contributed by atoms with Crippen LogP contribution in [0.25, 0.3) is 5.70 Å². The minimum absolute atomic E-state index is 0.212. The van der Waals surface area contributed by atoms with Crippen LogP contribution >= 0.6 is 11.6 Å². The number of esters is 1. The molecule has 0 saturated carbocycles. The number of halogens is 1. The van der Waals surface area contributed by atoms with Gasteiger partial charge in [-0.05, 0) is 44.5 Å². The molecule has 0 fully saturated rings. The van der Waals surface area contributed by atoms with E-state index in [1.54, 1.807) is 51.1 Å². The highest BCUT2D eigenvalue weighted by atomic mass is 35.5. The summed E-state index contributed by atoms with van der Waals surface area (Å²) in [6, 6.07) is 7.02. The first kappa shape index (κ1) is 17.2. The molecule has 114 valence electrons. The van der Waals surface area contributed by atoms with Gasteiger partial charge in [-0.2, -0.15) is 0 Å². The predicted molar refractivity (Wildman–Crippen MR) is 83.7 cm³/mol. The third-order valence-corrected chi connectivity index (χ3v) is 3.02. The van der Waals surface area contributed by atoms with Gasteiger partial charge in [-0.3, -0.25) is 9.59 Å². The molecule has 1 aromatic carbocycles. The van der Waals surface area contributed by atoms with E-state index in [-0.39, 0.29) is 11.9 Å². The molecule has 0 saturated heterocycles. The minimum atomic E-state index is -0.854. The number of amides is 1. The average Bonchev–Trinajstić information content (AvgIpc) is 2.38. The van der Waals surface area contributed by atoms with E-state index < -0.39 is 5.41 Å². The lowest BCUT2D eigenvalue weighted by molar-refractivity contribution is -0.150. The zero-order chi connectivity index (χ0) is 16.0. The van der Waals surface area contributed by atoms with Crippen LogP contribution in [0.2, 0.25) is 5.02 Å². The summed E-state index contributed by atoms with van der Waals surface area (Å²) in [4.78, 5) is 23.4. The van der Waals surface area contributed by atoms with Gasteiger partial charge in [0.1, 0.15) is 0 Å². The second-order valence-electron chi connectivity index (χ2n) is 5.19. The summed E-state index contributed by atoms with van der Waals surface area (Å²) in [7, 11) is 0. The number of benzene rings is 1. The first-order valence-electron chi connectivity index (χ1n) is 6.70. The molecule has 21 heavy (non-hydrogen) atoms. The molecule has 0 aliphatic rings. The Morgan fingerprint density at radius 1 is 1.29 bits per heavy atom. The van der Waals surface area contributed by atoms with Gasteiger partial charge in [0.25, 0.3) is 0 Å². The highest BCUT2D eigenvalue weighted by molar-refractivity contribution is 6.30. The molecular formula is C16H20ClNO3. The summed E-state index contributed by atoms with van der Waals surface area (Å²) in [6.07, 6.45) is 1.69. The lowest BCUT2D eigenvalue weighted by atomic mass is 9.91. The Morgan fingerprint density at radius 3 is 2.33 bits per heavy atom. The molecule has 1 aromatic rings. The lowest BCUT2D eigenvalue weighted by Crippen LogP contribution is -2.27. The van der Waals surface area contributed by atoms with Gasteiger partial charge in [0.05, 0.1) is 12.0 Å². The fraction of sp³-hybridized carbons (Fsp3) is 0.375. The highest BCUT2D eigenvalue weighted by Gasteiger charge is 2.27. The van der Waals surface area contributed by atoms with Crippen LogP contribution in [0.3, 0.4) is 0 Å². The quantitative estimate of drug-likeness (QED) is 0.848. The highest BCUT2D eigenvalue weighted by Crippen LogP contribution is 2.25. The second kappa shape index (κ2) is 7.27. The van der Waals surface area contributed by atoms with Crippen molar-refractivity contribution in [1.29, 1.82) is 0 Å². The Hall–Kier alpha value is -1.81. The fourth-order valence-electron chi connectivity index (χ4n) is 1.75. The van der Waals surface area contributed by atoms with Crippen LogP contribution < -0.4 is 5.32 Å². The molecule has 0 heterocycles. The van der Waals surface area contributed by atoms with Gasteiger partial charge in [-0.25, -0.2) is 0 Å². The Kier molecular flexibility index (Phi) is 5.97. The first-order valence-corrected chi connectivity index (χ1v) is 7.07. The van der Waals surface area contributed by atoms with Gasteiger partial charge in [-0.1, -0.05) is 23.7 Å². The van der Waals surface area contributed by atoms with Gasteiger partial charge in [-0.15, -0.1) is 0 Å². The number of rotatable bonds is 5. The van der Waals surface area contributed by atoms with Crippen molar-refractivity contribution in [3.8, 4) is 0 Å². The molecule has 5 heteroatoms. The van der Waals surface area contributed by atoms with Gasteiger partial charge in [0.15, 0.2) is 0 Å². The van der Waals surface area contributed by atoms with Crippen LogP contribution in [-0.4, -0.2) is 18.5 Å². The number of hydrogen-bond donors (Lipinski definition) is 1. The number of carbonyl (C=O) groups excluding carboxylic acids is 2. The van der Waals surface area contributed by atoms with E-state index in [1.165, 1.54) is 6.92 Å². The maximum absolute atomic E-state index is 12.0.